The zero-order valence-electron chi connectivity index (χ0n) is 13.5. The summed E-state index contributed by atoms with van der Waals surface area (Å²) in [6.45, 7) is 6.93. The van der Waals surface area contributed by atoms with Crippen molar-refractivity contribution in [3.8, 4) is 0 Å². The number of rotatable bonds is 4. The van der Waals surface area contributed by atoms with E-state index in [2.05, 4.69) is 35.8 Å². The standard InChI is InChI=1S/C17H24FN3O/c1-17(2)9-12(6-7-22-17)10-21(3)11-16-19-14-5-4-13(18)8-15(14)20-16/h4-5,8,12H,6-7,9-11H2,1-3H3,(H,19,20)/t12-/m1/s1. The molecule has 1 aliphatic rings. The molecule has 1 aromatic carbocycles. The summed E-state index contributed by atoms with van der Waals surface area (Å²) in [5.41, 5.74) is 1.56. The fourth-order valence-electron chi connectivity index (χ4n) is 3.38. The summed E-state index contributed by atoms with van der Waals surface area (Å²) >= 11 is 0. The Kier molecular flexibility index (Phi) is 4.19. The molecule has 1 saturated heterocycles. The zero-order valence-corrected chi connectivity index (χ0v) is 13.5. The number of aromatic amines is 1. The Labute approximate surface area is 130 Å². The molecule has 1 N–H and O–H groups in total. The Morgan fingerprint density at radius 2 is 2.27 bits per heavy atom. The van der Waals surface area contributed by atoms with Crippen molar-refractivity contribution in [3.05, 3.63) is 29.8 Å². The van der Waals surface area contributed by atoms with E-state index in [0.29, 0.717) is 5.92 Å². The van der Waals surface area contributed by atoms with Crippen molar-refractivity contribution in [1.29, 1.82) is 0 Å². The van der Waals surface area contributed by atoms with Crippen molar-refractivity contribution in [3.63, 3.8) is 0 Å². The minimum Gasteiger partial charge on any atom is -0.376 e. The van der Waals surface area contributed by atoms with Gasteiger partial charge in [0, 0.05) is 13.2 Å². The highest BCUT2D eigenvalue weighted by molar-refractivity contribution is 5.74. The van der Waals surface area contributed by atoms with Crippen molar-refractivity contribution in [2.45, 2.75) is 38.8 Å². The molecule has 0 aliphatic carbocycles. The van der Waals surface area contributed by atoms with Crippen molar-refractivity contribution >= 4 is 11.0 Å². The van der Waals surface area contributed by atoms with E-state index in [1.807, 2.05) is 0 Å². The van der Waals surface area contributed by atoms with Gasteiger partial charge in [-0.3, -0.25) is 4.90 Å². The molecule has 0 saturated carbocycles. The average Bonchev–Trinajstić information content (AvgIpc) is 2.78. The topological polar surface area (TPSA) is 41.2 Å². The van der Waals surface area contributed by atoms with Crippen LogP contribution in [-0.2, 0) is 11.3 Å². The predicted octanol–water partition coefficient (Wildman–Crippen LogP) is 3.34. The second-order valence-electron chi connectivity index (χ2n) is 7.01. The van der Waals surface area contributed by atoms with Crippen molar-refractivity contribution in [2.24, 2.45) is 5.92 Å². The Balaban J connectivity index is 1.61. The molecule has 1 aliphatic heterocycles. The summed E-state index contributed by atoms with van der Waals surface area (Å²) < 4.78 is 19.0. The fraction of sp³-hybridized carbons (Fsp3) is 0.588. The molecule has 4 nitrogen and oxygen atoms in total. The van der Waals surface area contributed by atoms with E-state index in [1.165, 1.54) is 12.1 Å². The Morgan fingerprint density at radius 1 is 1.45 bits per heavy atom. The van der Waals surface area contributed by atoms with Crippen molar-refractivity contribution in [1.82, 2.24) is 14.9 Å². The second-order valence-corrected chi connectivity index (χ2v) is 7.01. The lowest BCUT2D eigenvalue weighted by Crippen LogP contribution is -2.38. The van der Waals surface area contributed by atoms with Crippen LogP contribution >= 0.6 is 0 Å². The van der Waals surface area contributed by atoms with Gasteiger partial charge >= 0.3 is 0 Å². The lowest BCUT2D eigenvalue weighted by atomic mass is 9.88. The second kappa shape index (κ2) is 5.97. The van der Waals surface area contributed by atoms with Crippen LogP contribution in [0.1, 0.15) is 32.5 Å². The molecule has 0 unspecified atom stereocenters. The summed E-state index contributed by atoms with van der Waals surface area (Å²) in [6.07, 6.45) is 2.20. The van der Waals surface area contributed by atoms with E-state index < -0.39 is 0 Å². The molecule has 0 bridgehead atoms. The normalized spacial score (nSPS) is 21.6. The third kappa shape index (κ3) is 3.65. The molecular formula is C17H24FN3O. The first-order chi connectivity index (χ1) is 10.4. The fourth-order valence-corrected chi connectivity index (χ4v) is 3.38. The summed E-state index contributed by atoms with van der Waals surface area (Å²) in [4.78, 5) is 10.0. The minimum absolute atomic E-state index is 0.0132. The number of aromatic nitrogens is 2. The van der Waals surface area contributed by atoms with Crippen LogP contribution in [0.5, 0.6) is 0 Å². The first-order valence-electron chi connectivity index (χ1n) is 7.88. The molecule has 2 aromatic rings. The van der Waals surface area contributed by atoms with Gasteiger partial charge in [0.1, 0.15) is 11.6 Å². The largest absolute Gasteiger partial charge is 0.376 e. The number of halogens is 1. The number of ether oxygens (including phenoxy) is 1. The van der Waals surface area contributed by atoms with Gasteiger partial charge in [0.2, 0.25) is 0 Å². The number of hydrogen-bond acceptors (Lipinski definition) is 3. The maximum Gasteiger partial charge on any atom is 0.125 e. The van der Waals surface area contributed by atoms with Crippen LogP contribution in [0.25, 0.3) is 11.0 Å². The molecule has 2 heterocycles. The zero-order chi connectivity index (χ0) is 15.7. The summed E-state index contributed by atoms with van der Waals surface area (Å²) in [5.74, 6) is 1.30. The lowest BCUT2D eigenvalue weighted by Gasteiger charge is -2.37. The summed E-state index contributed by atoms with van der Waals surface area (Å²) in [7, 11) is 2.11. The van der Waals surface area contributed by atoms with Crippen LogP contribution in [0.2, 0.25) is 0 Å². The quantitative estimate of drug-likeness (QED) is 0.942. The Morgan fingerprint density at radius 3 is 3.05 bits per heavy atom. The van der Waals surface area contributed by atoms with Crippen LogP contribution in [0, 0.1) is 11.7 Å². The van der Waals surface area contributed by atoms with Crippen molar-refractivity contribution in [2.75, 3.05) is 20.2 Å². The van der Waals surface area contributed by atoms with E-state index in [9.17, 15) is 4.39 Å². The van der Waals surface area contributed by atoms with Crippen LogP contribution < -0.4 is 0 Å². The average molecular weight is 305 g/mol. The number of nitrogens with zero attached hydrogens (tertiary/aromatic N) is 2. The monoisotopic (exact) mass is 305 g/mol. The van der Waals surface area contributed by atoms with Gasteiger partial charge in [0.15, 0.2) is 0 Å². The molecule has 1 aromatic heterocycles. The molecule has 1 atom stereocenters. The molecule has 5 heteroatoms. The third-order valence-corrected chi connectivity index (χ3v) is 4.28. The predicted molar refractivity (Wildman–Crippen MR) is 85.1 cm³/mol. The van der Waals surface area contributed by atoms with Crippen LogP contribution in [0.4, 0.5) is 4.39 Å². The van der Waals surface area contributed by atoms with Crippen LogP contribution in [-0.4, -0.2) is 40.7 Å². The molecule has 3 rings (SSSR count). The van der Waals surface area contributed by atoms with Gasteiger partial charge in [-0.2, -0.15) is 0 Å². The molecule has 0 amide bonds. The van der Waals surface area contributed by atoms with Crippen molar-refractivity contribution < 1.29 is 9.13 Å². The van der Waals surface area contributed by atoms with E-state index in [1.54, 1.807) is 6.07 Å². The van der Waals surface area contributed by atoms with Gasteiger partial charge < -0.3 is 9.72 Å². The molecule has 22 heavy (non-hydrogen) atoms. The maximum absolute atomic E-state index is 13.2. The van der Waals surface area contributed by atoms with Crippen LogP contribution in [0.3, 0.4) is 0 Å². The third-order valence-electron chi connectivity index (χ3n) is 4.28. The Hall–Kier alpha value is -1.46. The molecule has 1 fully saturated rings. The van der Waals surface area contributed by atoms with E-state index in [0.717, 1.165) is 49.4 Å². The summed E-state index contributed by atoms with van der Waals surface area (Å²) in [6, 6.07) is 4.65. The highest BCUT2D eigenvalue weighted by Crippen LogP contribution is 2.29. The molecular weight excluding hydrogens is 281 g/mol. The van der Waals surface area contributed by atoms with Gasteiger partial charge in [-0.25, -0.2) is 9.37 Å². The number of nitrogens with one attached hydrogen (secondary N) is 1. The van der Waals surface area contributed by atoms with E-state index in [-0.39, 0.29) is 11.4 Å². The highest BCUT2D eigenvalue weighted by atomic mass is 19.1. The van der Waals surface area contributed by atoms with Gasteiger partial charge in [-0.1, -0.05) is 0 Å². The first kappa shape index (κ1) is 15.4. The van der Waals surface area contributed by atoms with E-state index >= 15 is 0 Å². The number of fused-ring (bicyclic) bond motifs is 1. The molecule has 0 radical (unpaired) electrons. The smallest absolute Gasteiger partial charge is 0.125 e. The number of hydrogen-bond donors (Lipinski definition) is 1. The van der Waals surface area contributed by atoms with Gasteiger partial charge in [0.25, 0.3) is 0 Å². The number of benzene rings is 1. The Bertz CT molecular complexity index is 652. The lowest BCUT2D eigenvalue weighted by molar-refractivity contribution is -0.0762. The van der Waals surface area contributed by atoms with Gasteiger partial charge in [0.05, 0.1) is 23.2 Å². The molecule has 0 spiro atoms. The van der Waals surface area contributed by atoms with Crippen LogP contribution in [0.15, 0.2) is 18.2 Å². The maximum atomic E-state index is 13.2. The van der Waals surface area contributed by atoms with E-state index in [4.69, 9.17) is 4.74 Å². The molecule has 120 valence electrons. The van der Waals surface area contributed by atoms with Gasteiger partial charge in [-0.15, -0.1) is 0 Å². The van der Waals surface area contributed by atoms with Gasteiger partial charge in [-0.05, 0) is 57.9 Å². The number of H-pyrrole nitrogens is 1. The highest BCUT2D eigenvalue weighted by Gasteiger charge is 2.29. The minimum atomic E-state index is -0.236. The summed E-state index contributed by atoms with van der Waals surface area (Å²) in [5, 5.41) is 0. The SMILES string of the molecule is CN(Cc1nc2ccc(F)cc2[nH]1)C[C@@H]1CCOC(C)(C)C1. The first-order valence-corrected chi connectivity index (χ1v) is 7.88. The number of imidazole rings is 1.